The summed E-state index contributed by atoms with van der Waals surface area (Å²) < 4.78 is 12.9. The van der Waals surface area contributed by atoms with Crippen LogP contribution in [0.3, 0.4) is 0 Å². The van der Waals surface area contributed by atoms with Crippen LogP contribution in [0, 0.1) is 0 Å². The molecule has 0 unspecified atom stereocenters. The molecule has 1 aromatic heterocycles. The molecular weight excluding hydrogens is 348 g/mol. The van der Waals surface area contributed by atoms with Crippen LogP contribution in [0.15, 0.2) is 0 Å². The molecule has 0 radical (unpaired) electrons. The van der Waals surface area contributed by atoms with Crippen LogP contribution in [-0.2, 0) is 34.2 Å². The predicted octanol–water partition coefficient (Wildman–Crippen LogP) is 0.389. The van der Waals surface area contributed by atoms with Gasteiger partial charge in [0, 0.05) is 32.2 Å². The Morgan fingerprint density at radius 3 is 2.52 bits per heavy atom. The lowest BCUT2D eigenvalue weighted by molar-refractivity contribution is -0.168. The van der Waals surface area contributed by atoms with Crippen molar-refractivity contribution in [3.05, 3.63) is 17.0 Å². The van der Waals surface area contributed by atoms with Gasteiger partial charge in [0.2, 0.25) is 0 Å². The summed E-state index contributed by atoms with van der Waals surface area (Å²) in [6.45, 7) is 5.15. The molecule has 1 atom stereocenters. The molecule has 8 heteroatoms. The zero-order valence-electron chi connectivity index (χ0n) is 16.2. The minimum atomic E-state index is -1.01. The third kappa shape index (κ3) is 3.36. The van der Waals surface area contributed by atoms with Crippen LogP contribution < -0.4 is 0 Å². The molecule has 1 aliphatic carbocycles. The normalized spacial score (nSPS) is 26.0. The largest absolute Gasteiger partial charge is 0.378 e. The van der Waals surface area contributed by atoms with Gasteiger partial charge in [-0.05, 0) is 32.6 Å². The summed E-state index contributed by atoms with van der Waals surface area (Å²) in [6.07, 6.45) is 4.06. The second-order valence-corrected chi connectivity index (χ2v) is 7.82. The highest BCUT2D eigenvalue weighted by atomic mass is 16.5. The fourth-order valence-electron chi connectivity index (χ4n) is 4.37. The van der Waals surface area contributed by atoms with E-state index in [0.29, 0.717) is 45.1 Å². The lowest BCUT2D eigenvalue weighted by atomic mass is 9.95. The molecule has 3 heterocycles. The van der Waals surface area contributed by atoms with E-state index in [1.165, 1.54) is 0 Å². The van der Waals surface area contributed by atoms with E-state index in [-0.39, 0.29) is 18.4 Å². The van der Waals surface area contributed by atoms with Crippen molar-refractivity contribution in [2.45, 2.75) is 38.2 Å². The minimum Gasteiger partial charge on any atom is -0.378 e. The lowest BCUT2D eigenvalue weighted by Gasteiger charge is -2.42. The molecule has 2 aliphatic heterocycles. The number of ether oxygens (including phenoxy) is 2. The first-order valence-electron chi connectivity index (χ1n) is 9.85. The van der Waals surface area contributed by atoms with Crippen LogP contribution in [0.4, 0.5) is 0 Å². The van der Waals surface area contributed by atoms with Crippen molar-refractivity contribution >= 4 is 11.8 Å². The molecule has 1 aromatic rings. The predicted molar refractivity (Wildman–Crippen MR) is 97.5 cm³/mol. The number of fused-ring (bicyclic) bond motifs is 1. The van der Waals surface area contributed by atoms with Crippen LogP contribution in [0.25, 0.3) is 0 Å². The number of carbonyl (C=O) groups is 2. The summed E-state index contributed by atoms with van der Waals surface area (Å²) >= 11 is 0. The quantitative estimate of drug-likeness (QED) is 0.746. The highest BCUT2D eigenvalue weighted by Gasteiger charge is 2.44. The molecule has 2 fully saturated rings. The Bertz CT molecular complexity index is 740. The molecule has 0 saturated carbocycles. The average molecular weight is 376 g/mol. The first-order chi connectivity index (χ1) is 13.0. The van der Waals surface area contributed by atoms with Crippen molar-refractivity contribution in [3.63, 3.8) is 0 Å². The molecule has 148 valence electrons. The van der Waals surface area contributed by atoms with Gasteiger partial charge in [0.15, 0.2) is 5.60 Å². The van der Waals surface area contributed by atoms with Gasteiger partial charge in [-0.2, -0.15) is 5.10 Å². The number of rotatable bonds is 2. The maximum absolute atomic E-state index is 13.3. The van der Waals surface area contributed by atoms with E-state index in [1.54, 1.807) is 21.4 Å². The first-order valence-corrected chi connectivity index (χ1v) is 9.85. The van der Waals surface area contributed by atoms with E-state index >= 15 is 0 Å². The molecule has 3 aliphatic rings. The van der Waals surface area contributed by atoms with E-state index in [9.17, 15) is 9.59 Å². The van der Waals surface area contributed by atoms with E-state index in [0.717, 1.165) is 36.9 Å². The third-order valence-corrected chi connectivity index (χ3v) is 5.83. The zero-order chi connectivity index (χ0) is 19.0. The fourth-order valence-corrected chi connectivity index (χ4v) is 4.37. The molecule has 0 aromatic carbocycles. The summed E-state index contributed by atoms with van der Waals surface area (Å²) in [5, 5.41) is 4.56. The van der Waals surface area contributed by atoms with Gasteiger partial charge in [-0.25, -0.2) is 0 Å². The summed E-state index contributed by atoms with van der Waals surface area (Å²) in [5.74, 6) is -0.104. The highest BCUT2D eigenvalue weighted by molar-refractivity contribution is 5.95. The van der Waals surface area contributed by atoms with Crippen molar-refractivity contribution in [1.29, 1.82) is 0 Å². The SMILES string of the molecule is Cn1nc2c(c1C(=O)N1CCO[C@@](C)(C(=O)N3CCOCC3)C1)CCCC2. The molecule has 4 rings (SSSR count). The van der Waals surface area contributed by atoms with Gasteiger partial charge in [-0.15, -0.1) is 0 Å². The number of aryl methyl sites for hydroxylation is 2. The van der Waals surface area contributed by atoms with Crippen molar-refractivity contribution < 1.29 is 19.1 Å². The summed E-state index contributed by atoms with van der Waals surface area (Å²) in [5.41, 5.74) is 1.80. The van der Waals surface area contributed by atoms with Gasteiger partial charge < -0.3 is 19.3 Å². The molecule has 0 N–H and O–H groups in total. The first kappa shape index (κ1) is 18.4. The second kappa shape index (κ2) is 7.24. The van der Waals surface area contributed by atoms with Gasteiger partial charge in [0.05, 0.1) is 32.1 Å². The van der Waals surface area contributed by atoms with Crippen LogP contribution >= 0.6 is 0 Å². The van der Waals surface area contributed by atoms with Gasteiger partial charge in [0.1, 0.15) is 5.69 Å². The van der Waals surface area contributed by atoms with Crippen molar-refractivity contribution in [1.82, 2.24) is 19.6 Å². The Kier molecular flexibility index (Phi) is 4.94. The molecule has 0 bridgehead atoms. The van der Waals surface area contributed by atoms with Gasteiger partial charge >= 0.3 is 0 Å². The number of amides is 2. The summed E-state index contributed by atoms with van der Waals surface area (Å²) in [4.78, 5) is 29.9. The molecule has 8 nitrogen and oxygen atoms in total. The molecular formula is C19H28N4O4. The highest BCUT2D eigenvalue weighted by Crippen LogP contribution is 2.27. The zero-order valence-corrected chi connectivity index (χ0v) is 16.2. The number of aromatic nitrogens is 2. The number of nitrogens with zero attached hydrogens (tertiary/aromatic N) is 4. The van der Waals surface area contributed by atoms with Crippen molar-refractivity contribution in [3.8, 4) is 0 Å². The maximum atomic E-state index is 13.3. The number of hydrogen-bond acceptors (Lipinski definition) is 5. The average Bonchev–Trinajstić information content (AvgIpc) is 3.03. The van der Waals surface area contributed by atoms with Crippen LogP contribution in [0.1, 0.15) is 41.5 Å². The standard InChI is InChI=1S/C19H28N4O4/c1-19(18(25)22-7-10-26-11-8-22)13-23(9-12-27-19)17(24)16-14-5-3-4-6-15(14)20-21(16)2/h3-13H2,1-2H3/t19-/m1/s1. The molecule has 0 spiro atoms. The Morgan fingerprint density at radius 2 is 1.74 bits per heavy atom. The Morgan fingerprint density at radius 1 is 1.04 bits per heavy atom. The van der Waals surface area contributed by atoms with E-state index < -0.39 is 5.60 Å². The molecule has 27 heavy (non-hydrogen) atoms. The van der Waals surface area contributed by atoms with E-state index in [2.05, 4.69) is 5.10 Å². The smallest absolute Gasteiger partial charge is 0.272 e. The van der Waals surface area contributed by atoms with E-state index in [4.69, 9.17) is 9.47 Å². The fraction of sp³-hybridized carbons (Fsp3) is 0.737. The lowest BCUT2D eigenvalue weighted by Crippen LogP contribution is -2.61. The number of carbonyl (C=O) groups excluding carboxylic acids is 2. The van der Waals surface area contributed by atoms with Gasteiger partial charge in [0.25, 0.3) is 11.8 Å². The van der Waals surface area contributed by atoms with Crippen LogP contribution in [-0.4, -0.2) is 83.0 Å². The third-order valence-electron chi connectivity index (χ3n) is 5.83. The number of hydrogen-bond donors (Lipinski definition) is 0. The van der Waals surface area contributed by atoms with Crippen molar-refractivity contribution in [2.75, 3.05) is 46.0 Å². The second-order valence-electron chi connectivity index (χ2n) is 7.82. The monoisotopic (exact) mass is 376 g/mol. The number of morpholine rings is 2. The van der Waals surface area contributed by atoms with Crippen LogP contribution in [0.2, 0.25) is 0 Å². The van der Waals surface area contributed by atoms with E-state index in [1.807, 2.05) is 7.05 Å². The topological polar surface area (TPSA) is 76.9 Å². The summed E-state index contributed by atoms with van der Waals surface area (Å²) in [7, 11) is 1.84. The Labute approximate surface area is 159 Å². The molecule has 2 saturated heterocycles. The Balaban J connectivity index is 1.53. The minimum absolute atomic E-state index is 0.0440. The van der Waals surface area contributed by atoms with Crippen LogP contribution in [0.5, 0.6) is 0 Å². The maximum Gasteiger partial charge on any atom is 0.272 e. The summed E-state index contributed by atoms with van der Waals surface area (Å²) in [6, 6.07) is 0. The van der Waals surface area contributed by atoms with Gasteiger partial charge in [-0.1, -0.05) is 0 Å². The Hall–Kier alpha value is -1.93. The molecule has 2 amide bonds. The van der Waals surface area contributed by atoms with Gasteiger partial charge in [-0.3, -0.25) is 14.3 Å². The van der Waals surface area contributed by atoms with Crippen molar-refractivity contribution in [2.24, 2.45) is 7.05 Å².